The summed E-state index contributed by atoms with van der Waals surface area (Å²) in [5, 5.41) is 6.60. The molecule has 2 N–H and O–H groups in total. The zero-order chi connectivity index (χ0) is 15.5. The van der Waals surface area contributed by atoms with Crippen LogP contribution in [0.2, 0.25) is 0 Å². The quantitative estimate of drug-likeness (QED) is 0.449. The Labute approximate surface area is 133 Å². The molecule has 0 radical (unpaired) electrons. The van der Waals surface area contributed by atoms with Crippen molar-refractivity contribution in [3.63, 3.8) is 0 Å². The third kappa shape index (κ3) is 6.30. The lowest BCUT2D eigenvalue weighted by Gasteiger charge is -2.26. The Hall–Kier alpha value is -1.82. The normalized spacial score (nSPS) is 16.3. The van der Waals surface area contributed by atoms with Crippen molar-refractivity contribution < 1.29 is 4.74 Å². The van der Waals surface area contributed by atoms with E-state index in [1.54, 1.807) is 19.4 Å². The second-order valence-electron chi connectivity index (χ2n) is 5.37. The van der Waals surface area contributed by atoms with Gasteiger partial charge in [0.1, 0.15) is 12.4 Å². The maximum Gasteiger partial charge on any atom is 0.191 e. The molecule has 1 aliphatic heterocycles. The summed E-state index contributed by atoms with van der Waals surface area (Å²) in [7, 11) is 1.79. The van der Waals surface area contributed by atoms with E-state index < -0.39 is 0 Å². The van der Waals surface area contributed by atoms with Crippen molar-refractivity contribution in [1.29, 1.82) is 0 Å². The van der Waals surface area contributed by atoms with Crippen molar-refractivity contribution in [2.75, 3.05) is 46.4 Å². The molecule has 1 aromatic rings. The summed E-state index contributed by atoms with van der Waals surface area (Å²) < 4.78 is 5.58. The highest BCUT2D eigenvalue weighted by Gasteiger charge is 2.09. The van der Waals surface area contributed by atoms with Crippen LogP contribution in [0.4, 0.5) is 0 Å². The molecule has 2 heterocycles. The third-order valence-corrected chi connectivity index (χ3v) is 3.69. The van der Waals surface area contributed by atoms with Gasteiger partial charge in [-0.2, -0.15) is 0 Å². The number of hydrogen-bond donors (Lipinski definition) is 2. The van der Waals surface area contributed by atoms with Crippen LogP contribution in [0.25, 0.3) is 0 Å². The van der Waals surface area contributed by atoms with Crippen LogP contribution in [0.5, 0.6) is 5.75 Å². The summed E-state index contributed by atoms with van der Waals surface area (Å²) in [6.07, 6.45) is 7.49. The fourth-order valence-electron chi connectivity index (χ4n) is 2.51. The number of likely N-dealkylation sites (tertiary alicyclic amines) is 1. The van der Waals surface area contributed by atoms with Gasteiger partial charge >= 0.3 is 0 Å². The van der Waals surface area contributed by atoms with Gasteiger partial charge in [0.2, 0.25) is 0 Å². The predicted molar refractivity (Wildman–Crippen MR) is 89.4 cm³/mol. The van der Waals surface area contributed by atoms with Crippen LogP contribution in [0.3, 0.4) is 0 Å². The van der Waals surface area contributed by atoms with Gasteiger partial charge in [-0.25, -0.2) is 0 Å². The molecule has 1 fully saturated rings. The number of guanidine groups is 1. The Balaban J connectivity index is 1.55. The minimum absolute atomic E-state index is 0.582. The summed E-state index contributed by atoms with van der Waals surface area (Å²) in [6, 6.07) is 3.77. The molecule has 1 aliphatic rings. The number of aromatic nitrogens is 1. The summed E-state index contributed by atoms with van der Waals surface area (Å²) in [5.41, 5.74) is 0. The van der Waals surface area contributed by atoms with Crippen LogP contribution in [0, 0.1) is 0 Å². The number of piperidine rings is 1. The molecule has 2 rings (SSSR count). The van der Waals surface area contributed by atoms with Crippen LogP contribution >= 0.6 is 0 Å². The number of nitrogens with one attached hydrogen (secondary N) is 2. The van der Waals surface area contributed by atoms with E-state index in [1.165, 1.54) is 32.4 Å². The van der Waals surface area contributed by atoms with E-state index in [0.717, 1.165) is 24.8 Å². The molecule has 0 unspecified atom stereocenters. The molecule has 0 atom stereocenters. The fraction of sp³-hybridized carbons (Fsp3) is 0.625. The standard InChI is InChI=1S/C16H27N5O/c1-17-16(19-8-12-21-10-3-2-4-11-21)20-9-13-22-15-6-5-7-18-14-15/h5-7,14H,2-4,8-13H2,1H3,(H2,17,19,20). The number of hydrogen-bond acceptors (Lipinski definition) is 4. The molecule has 0 aromatic carbocycles. The van der Waals surface area contributed by atoms with Crippen molar-refractivity contribution in [3.05, 3.63) is 24.5 Å². The molecule has 122 valence electrons. The first-order valence-corrected chi connectivity index (χ1v) is 8.08. The van der Waals surface area contributed by atoms with Gasteiger partial charge < -0.3 is 20.3 Å². The maximum atomic E-state index is 5.58. The molecule has 0 aliphatic carbocycles. The summed E-state index contributed by atoms with van der Waals surface area (Å²) in [6.45, 7) is 5.74. The molecule has 0 bridgehead atoms. The third-order valence-electron chi connectivity index (χ3n) is 3.69. The largest absolute Gasteiger partial charge is 0.490 e. The Morgan fingerprint density at radius 2 is 2.09 bits per heavy atom. The van der Waals surface area contributed by atoms with Crippen LogP contribution in [-0.2, 0) is 0 Å². The lowest BCUT2D eigenvalue weighted by atomic mass is 10.1. The number of ether oxygens (including phenoxy) is 1. The molecule has 22 heavy (non-hydrogen) atoms. The van der Waals surface area contributed by atoms with Crippen molar-refractivity contribution in [2.45, 2.75) is 19.3 Å². The Morgan fingerprint density at radius 1 is 1.27 bits per heavy atom. The minimum Gasteiger partial charge on any atom is -0.490 e. The first-order chi connectivity index (χ1) is 10.9. The average molecular weight is 305 g/mol. The van der Waals surface area contributed by atoms with Crippen molar-refractivity contribution in [1.82, 2.24) is 20.5 Å². The SMILES string of the molecule is CN=C(NCCOc1cccnc1)NCCN1CCCCC1. The zero-order valence-electron chi connectivity index (χ0n) is 13.4. The summed E-state index contributed by atoms with van der Waals surface area (Å²) in [5.74, 6) is 1.61. The van der Waals surface area contributed by atoms with E-state index in [9.17, 15) is 0 Å². The van der Waals surface area contributed by atoms with Crippen molar-refractivity contribution in [3.8, 4) is 5.75 Å². The number of rotatable bonds is 7. The summed E-state index contributed by atoms with van der Waals surface area (Å²) >= 11 is 0. The molecular formula is C16H27N5O. The van der Waals surface area contributed by atoms with Gasteiger partial charge in [-0.15, -0.1) is 0 Å². The lowest BCUT2D eigenvalue weighted by Crippen LogP contribution is -2.43. The second kappa shape index (κ2) is 10.00. The van der Waals surface area contributed by atoms with Crippen LogP contribution in [0.1, 0.15) is 19.3 Å². The van der Waals surface area contributed by atoms with Crippen molar-refractivity contribution in [2.24, 2.45) is 4.99 Å². The Morgan fingerprint density at radius 3 is 2.82 bits per heavy atom. The van der Waals surface area contributed by atoms with Crippen LogP contribution in [-0.4, -0.2) is 62.2 Å². The lowest BCUT2D eigenvalue weighted by molar-refractivity contribution is 0.232. The topological polar surface area (TPSA) is 61.8 Å². The summed E-state index contributed by atoms with van der Waals surface area (Å²) in [4.78, 5) is 10.7. The Kier molecular flexibility index (Phi) is 7.52. The van der Waals surface area contributed by atoms with E-state index in [4.69, 9.17) is 4.74 Å². The van der Waals surface area contributed by atoms with E-state index in [1.807, 2.05) is 12.1 Å². The number of aliphatic imine (C=N–C) groups is 1. The minimum atomic E-state index is 0.582. The molecule has 0 saturated carbocycles. The van der Waals surface area contributed by atoms with E-state index in [2.05, 4.69) is 25.5 Å². The molecular weight excluding hydrogens is 278 g/mol. The molecule has 0 amide bonds. The first kappa shape index (κ1) is 16.5. The molecule has 6 heteroatoms. The number of nitrogens with zero attached hydrogens (tertiary/aromatic N) is 3. The van der Waals surface area contributed by atoms with E-state index in [0.29, 0.717) is 13.2 Å². The zero-order valence-corrected chi connectivity index (χ0v) is 13.4. The van der Waals surface area contributed by atoms with Gasteiger partial charge in [0.25, 0.3) is 0 Å². The molecule has 0 spiro atoms. The average Bonchev–Trinajstić information content (AvgIpc) is 2.59. The van der Waals surface area contributed by atoms with Gasteiger partial charge in [-0.3, -0.25) is 9.98 Å². The Bertz CT molecular complexity index is 431. The van der Waals surface area contributed by atoms with Gasteiger partial charge in [0.05, 0.1) is 12.7 Å². The van der Waals surface area contributed by atoms with Crippen LogP contribution < -0.4 is 15.4 Å². The smallest absolute Gasteiger partial charge is 0.191 e. The van der Waals surface area contributed by atoms with Gasteiger partial charge in [0, 0.05) is 26.3 Å². The van der Waals surface area contributed by atoms with Gasteiger partial charge in [0.15, 0.2) is 5.96 Å². The van der Waals surface area contributed by atoms with Crippen molar-refractivity contribution >= 4 is 5.96 Å². The predicted octanol–water partition coefficient (Wildman–Crippen LogP) is 1.11. The monoisotopic (exact) mass is 305 g/mol. The highest BCUT2D eigenvalue weighted by molar-refractivity contribution is 5.79. The first-order valence-electron chi connectivity index (χ1n) is 8.08. The number of pyridine rings is 1. The van der Waals surface area contributed by atoms with Crippen LogP contribution in [0.15, 0.2) is 29.5 Å². The second-order valence-corrected chi connectivity index (χ2v) is 5.37. The highest BCUT2D eigenvalue weighted by atomic mass is 16.5. The molecule has 1 saturated heterocycles. The highest BCUT2D eigenvalue weighted by Crippen LogP contribution is 2.07. The molecule has 6 nitrogen and oxygen atoms in total. The maximum absolute atomic E-state index is 5.58. The van der Waals surface area contributed by atoms with Gasteiger partial charge in [-0.1, -0.05) is 6.42 Å². The van der Waals surface area contributed by atoms with E-state index >= 15 is 0 Å². The van der Waals surface area contributed by atoms with E-state index in [-0.39, 0.29) is 0 Å². The van der Waals surface area contributed by atoms with Gasteiger partial charge in [-0.05, 0) is 38.1 Å². The fourth-order valence-corrected chi connectivity index (χ4v) is 2.51. The molecule has 1 aromatic heterocycles.